The zero-order valence-corrected chi connectivity index (χ0v) is 17.9. The number of hydrogen-bond donors (Lipinski definition) is 1. The molecule has 1 atom stereocenters. The van der Waals surface area contributed by atoms with Crippen LogP contribution in [0.2, 0.25) is 0 Å². The van der Waals surface area contributed by atoms with Crippen LogP contribution in [-0.2, 0) is 14.3 Å². The molecule has 0 bridgehead atoms. The van der Waals surface area contributed by atoms with Gasteiger partial charge < -0.3 is 19.1 Å². The number of carbonyl (C=O) groups is 2. The van der Waals surface area contributed by atoms with Gasteiger partial charge in [0.2, 0.25) is 0 Å². The zero-order chi connectivity index (χ0) is 21.9. The standard InChI is InChI=1S/C19H24F2N2O5S/c1-7-27-17(24)14-15(22-18(25)28-19(2,3)4)29-16(23(14)5)13-11(20)8-10(26-6)9-12(13)21/h8-9,16H,7H2,1-6H3,(H,22,25). The highest BCUT2D eigenvalue weighted by atomic mass is 32.2. The maximum atomic E-state index is 14.6. The number of carbonyl (C=O) groups excluding carboxylic acids is 2. The van der Waals surface area contributed by atoms with Gasteiger partial charge in [-0.3, -0.25) is 5.32 Å². The normalized spacial score (nSPS) is 16.7. The van der Waals surface area contributed by atoms with Crippen LogP contribution in [0.1, 0.15) is 38.6 Å². The zero-order valence-electron chi connectivity index (χ0n) is 17.1. The van der Waals surface area contributed by atoms with Crippen molar-refractivity contribution in [3.8, 4) is 5.75 Å². The predicted molar refractivity (Wildman–Crippen MR) is 104 cm³/mol. The van der Waals surface area contributed by atoms with Gasteiger partial charge in [0.25, 0.3) is 0 Å². The van der Waals surface area contributed by atoms with Gasteiger partial charge in [-0.15, -0.1) is 0 Å². The van der Waals surface area contributed by atoms with Crippen molar-refractivity contribution >= 4 is 23.8 Å². The third-order valence-corrected chi connectivity index (χ3v) is 5.07. The molecule has 2 rings (SSSR count). The Balaban J connectivity index is 2.40. The molecule has 1 aromatic rings. The summed E-state index contributed by atoms with van der Waals surface area (Å²) in [6, 6.07) is 2.10. The Morgan fingerprint density at radius 1 is 1.24 bits per heavy atom. The number of methoxy groups -OCH3 is 1. The highest BCUT2D eigenvalue weighted by Crippen LogP contribution is 2.47. The number of benzene rings is 1. The maximum absolute atomic E-state index is 14.6. The number of nitrogens with one attached hydrogen (secondary N) is 1. The molecule has 1 aromatic carbocycles. The SMILES string of the molecule is CCOC(=O)C1=C(NC(=O)OC(C)(C)C)SC(c2c(F)cc(OC)cc2F)N1C. The topological polar surface area (TPSA) is 77.1 Å². The average molecular weight is 430 g/mol. The van der Waals surface area contributed by atoms with Gasteiger partial charge in [0, 0.05) is 19.2 Å². The number of alkyl carbamates (subject to hydrolysis) is 1. The Morgan fingerprint density at radius 3 is 2.31 bits per heavy atom. The van der Waals surface area contributed by atoms with Crippen molar-refractivity contribution in [2.75, 3.05) is 20.8 Å². The summed E-state index contributed by atoms with van der Waals surface area (Å²) in [6.07, 6.45) is -0.800. The number of likely N-dealkylation sites (N-methyl/N-ethyl adjacent to an activating group) is 1. The van der Waals surface area contributed by atoms with E-state index in [0.717, 1.165) is 23.9 Å². The van der Waals surface area contributed by atoms with E-state index in [-0.39, 0.29) is 28.6 Å². The largest absolute Gasteiger partial charge is 0.497 e. The molecule has 0 fully saturated rings. The van der Waals surface area contributed by atoms with Crippen LogP contribution in [0.3, 0.4) is 0 Å². The van der Waals surface area contributed by atoms with Crippen LogP contribution >= 0.6 is 11.8 Å². The molecule has 160 valence electrons. The first-order chi connectivity index (χ1) is 13.5. The highest BCUT2D eigenvalue weighted by Gasteiger charge is 2.40. The van der Waals surface area contributed by atoms with Crippen LogP contribution in [0.15, 0.2) is 22.9 Å². The van der Waals surface area contributed by atoms with E-state index in [1.54, 1.807) is 27.7 Å². The van der Waals surface area contributed by atoms with E-state index in [0.29, 0.717) is 0 Å². The lowest BCUT2D eigenvalue weighted by atomic mass is 10.1. The van der Waals surface area contributed by atoms with E-state index in [1.165, 1.54) is 19.1 Å². The van der Waals surface area contributed by atoms with Gasteiger partial charge in [0.1, 0.15) is 33.4 Å². The van der Waals surface area contributed by atoms with Crippen molar-refractivity contribution in [3.05, 3.63) is 40.1 Å². The van der Waals surface area contributed by atoms with Crippen molar-refractivity contribution in [2.45, 2.75) is 38.7 Å². The summed E-state index contributed by atoms with van der Waals surface area (Å²) < 4.78 is 44.3. The van der Waals surface area contributed by atoms with Crippen LogP contribution in [0.25, 0.3) is 0 Å². The molecule has 1 unspecified atom stereocenters. The van der Waals surface area contributed by atoms with Crippen LogP contribution in [0.5, 0.6) is 5.75 Å². The lowest BCUT2D eigenvalue weighted by Gasteiger charge is -2.24. The van der Waals surface area contributed by atoms with E-state index >= 15 is 0 Å². The Morgan fingerprint density at radius 2 is 1.83 bits per heavy atom. The first kappa shape index (κ1) is 22.8. The quantitative estimate of drug-likeness (QED) is 0.710. The monoisotopic (exact) mass is 430 g/mol. The third kappa shape index (κ3) is 5.31. The second kappa shape index (κ2) is 8.89. The van der Waals surface area contributed by atoms with E-state index in [9.17, 15) is 18.4 Å². The van der Waals surface area contributed by atoms with Gasteiger partial charge in [-0.2, -0.15) is 0 Å². The van der Waals surface area contributed by atoms with E-state index in [2.05, 4.69) is 5.32 Å². The fraction of sp³-hybridized carbons (Fsp3) is 0.474. The molecule has 29 heavy (non-hydrogen) atoms. The Hall–Kier alpha value is -2.49. The molecule has 0 saturated carbocycles. The predicted octanol–water partition coefficient (Wildman–Crippen LogP) is 3.91. The van der Waals surface area contributed by atoms with Crippen molar-refractivity contribution in [3.63, 3.8) is 0 Å². The van der Waals surface area contributed by atoms with Gasteiger partial charge in [-0.1, -0.05) is 11.8 Å². The average Bonchev–Trinajstić information content (AvgIpc) is 2.88. The lowest BCUT2D eigenvalue weighted by molar-refractivity contribution is -0.140. The smallest absolute Gasteiger partial charge is 0.412 e. The number of esters is 1. The molecule has 7 nitrogen and oxygen atoms in total. The summed E-state index contributed by atoms with van der Waals surface area (Å²) in [5.74, 6) is -2.38. The Labute approximate surface area is 172 Å². The summed E-state index contributed by atoms with van der Waals surface area (Å²) in [4.78, 5) is 26.0. The van der Waals surface area contributed by atoms with Crippen molar-refractivity contribution in [1.82, 2.24) is 10.2 Å². The maximum Gasteiger partial charge on any atom is 0.412 e. The molecule has 0 spiro atoms. The number of nitrogens with zero attached hydrogens (tertiary/aromatic N) is 1. The third-order valence-electron chi connectivity index (χ3n) is 3.77. The van der Waals surface area contributed by atoms with Crippen LogP contribution in [-0.4, -0.2) is 43.3 Å². The number of thioether (sulfide) groups is 1. The summed E-state index contributed by atoms with van der Waals surface area (Å²) in [6.45, 7) is 6.78. The van der Waals surface area contributed by atoms with E-state index < -0.39 is 34.7 Å². The first-order valence-electron chi connectivity index (χ1n) is 8.82. The number of amides is 1. The molecule has 1 heterocycles. The Kier molecular flexibility index (Phi) is 6.99. The molecule has 1 N–H and O–H groups in total. The van der Waals surface area contributed by atoms with Gasteiger partial charge in [-0.25, -0.2) is 18.4 Å². The molecule has 0 saturated heterocycles. The second-order valence-electron chi connectivity index (χ2n) is 7.11. The van der Waals surface area contributed by atoms with Gasteiger partial charge in [0.15, 0.2) is 5.70 Å². The van der Waals surface area contributed by atoms with E-state index in [1.807, 2.05) is 0 Å². The van der Waals surface area contributed by atoms with Crippen LogP contribution in [0, 0.1) is 11.6 Å². The molecule has 1 amide bonds. The number of ether oxygens (including phenoxy) is 3. The first-order valence-corrected chi connectivity index (χ1v) is 9.70. The van der Waals surface area contributed by atoms with Crippen LogP contribution < -0.4 is 10.1 Å². The molecule has 1 aliphatic rings. The fourth-order valence-electron chi connectivity index (χ4n) is 2.61. The molecular weight excluding hydrogens is 406 g/mol. The fourth-order valence-corrected chi connectivity index (χ4v) is 3.92. The van der Waals surface area contributed by atoms with Gasteiger partial charge >= 0.3 is 12.1 Å². The number of halogens is 2. The van der Waals surface area contributed by atoms with Gasteiger partial charge in [0.05, 0.1) is 19.3 Å². The summed E-state index contributed by atoms with van der Waals surface area (Å²) in [7, 11) is 2.78. The summed E-state index contributed by atoms with van der Waals surface area (Å²) >= 11 is 0.902. The second-order valence-corrected chi connectivity index (χ2v) is 8.20. The van der Waals surface area contributed by atoms with Crippen molar-refractivity contribution in [2.24, 2.45) is 0 Å². The summed E-state index contributed by atoms with van der Waals surface area (Å²) in [5, 5.41) is 1.62. The Bertz CT molecular complexity index is 815. The van der Waals surface area contributed by atoms with Crippen LogP contribution in [0.4, 0.5) is 13.6 Å². The molecular formula is C19H24F2N2O5S. The number of rotatable bonds is 5. The van der Waals surface area contributed by atoms with E-state index in [4.69, 9.17) is 14.2 Å². The molecule has 10 heteroatoms. The minimum Gasteiger partial charge on any atom is -0.497 e. The minimum absolute atomic E-state index is 0.0256. The molecule has 0 aromatic heterocycles. The number of hydrogen-bond acceptors (Lipinski definition) is 7. The lowest BCUT2D eigenvalue weighted by Crippen LogP contribution is -2.32. The summed E-state index contributed by atoms with van der Waals surface area (Å²) in [5.41, 5.74) is -1.07. The highest BCUT2D eigenvalue weighted by molar-refractivity contribution is 8.03. The van der Waals surface area contributed by atoms with Crippen molar-refractivity contribution < 1.29 is 32.6 Å². The van der Waals surface area contributed by atoms with Gasteiger partial charge in [-0.05, 0) is 27.7 Å². The molecule has 0 radical (unpaired) electrons. The van der Waals surface area contributed by atoms with Crippen molar-refractivity contribution in [1.29, 1.82) is 0 Å². The molecule has 1 aliphatic heterocycles. The molecule has 0 aliphatic carbocycles. The minimum atomic E-state index is -0.953.